The molecule has 2 amide bonds. The number of amides is 2. The number of nitrogens with zero attached hydrogens (tertiary/aromatic N) is 2. The second-order valence-electron chi connectivity index (χ2n) is 9.74. The van der Waals surface area contributed by atoms with E-state index in [9.17, 15) is 22.4 Å². The number of rotatable bonds is 12. The van der Waals surface area contributed by atoms with Gasteiger partial charge >= 0.3 is 0 Å². The Morgan fingerprint density at radius 2 is 1.59 bits per heavy atom. The van der Waals surface area contributed by atoms with Gasteiger partial charge in [0.25, 0.3) is 0 Å². The quantitative estimate of drug-likeness (QED) is 0.317. The number of anilines is 1. The maximum Gasteiger partial charge on any atom is 0.244 e. The van der Waals surface area contributed by atoms with Crippen LogP contribution in [0.25, 0.3) is 0 Å². The highest BCUT2D eigenvalue weighted by Crippen LogP contribution is 2.21. The van der Waals surface area contributed by atoms with Gasteiger partial charge in [-0.1, -0.05) is 72.2 Å². The smallest absolute Gasteiger partial charge is 0.244 e. The molecule has 1 unspecified atom stereocenters. The lowest BCUT2D eigenvalue weighted by Gasteiger charge is -2.33. The van der Waals surface area contributed by atoms with Crippen molar-refractivity contribution >= 4 is 43.5 Å². The Balaban J connectivity index is 2.04. The van der Waals surface area contributed by atoms with Gasteiger partial charge in [-0.15, -0.1) is 0 Å². The number of nitrogens with one attached hydrogen (secondary N) is 1. The fraction of sp³-hybridized carbons (Fsp3) is 0.310. The lowest BCUT2D eigenvalue weighted by atomic mass is 10.0. The highest BCUT2D eigenvalue weighted by molar-refractivity contribution is 9.10. The van der Waals surface area contributed by atoms with Gasteiger partial charge in [0.2, 0.25) is 21.8 Å². The molecule has 0 heterocycles. The first-order chi connectivity index (χ1) is 18.4. The van der Waals surface area contributed by atoms with Crippen LogP contribution in [0.4, 0.5) is 10.1 Å². The van der Waals surface area contributed by atoms with Gasteiger partial charge in [0.05, 0.1) is 11.9 Å². The van der Waals surface area contributed by atoms with Crippen LogP contribution in [0.1, 0.15) is 25.0 Å². The predicted molar refractivity (Wildman–Crippen MR) is 155 cm³/mol. The van der Waals surface area contributed by atoms with Gasteiger partial charge in [-0.25, -0.2) is 12.8 Å². The van der Waals surface area contributed by atoms with Crippen LogP contribution in [0, 0.1) is 11.7 Å². The molecule has 1 atom stereocenters. The average Bonchev–Trinajstić information content (AvgIpc) is 2.88. The standard InChI is InChI=1S/C29H33BrFN3O4S/c1-21(2)18-32-29(36)27(17-22-8-5-4-6-9-22)33(19-23-10-7-11-24(30)16-23)28(35)20-34(39(3,37)38)26-14-12-25(31)13-15-26/h4-16,21,27H,17-20H2,1-3H3,(H,32,36). The van der Waals surface area contributed by atoms with Crippen LogP contribution in [0.15, 0.2) is 83.3 Å². The highest BCUT2D eigenvalue weighted by Gasteiger charge is 2.33. The molecule has 0 aliphatic carbocycles. The topological polar surface area (TPSA) is 86.8 Å². The zero-order valence-electron chi connectivity index (χ0n) is 22.2. The summed E-state index contributed by atoms with van der Waals surface area (Å²) in [5.74, 6) is -1.23. The molecule has 0 aliphatic rings. The Morgan fingerprint density at radius 3 is 2.18 bits per heavy atom. The van der Waals surface area contributed by atoms with Crippen molar-refractivity contribution < 1.29 is 22.4 Å². The molecule has 39 heavy (non-hydrogen) atoms. The van der Waals surface area contributed by atoms with Gasteiger partial charge in [-0.05, 0) is 53.4 Å². The van der Waals surface area contributed by atoms with E-state index in [1.165, 1.54) is 17.0 Å². The van der Waals surface area contributed by atoms with Crippen LogP contribution in [0.3, 0.4) is 0 Å². The molecule has 10 heteroatoms. The Hall–Kier alpha value is -3.24. The van der Waals surface area contributed by atoms with Crippen molar-refractivity contribution in [3.05, 3.63) is 100 Å². The van der Waals surface area contributed by atoms with Crippen LogP contribution in [-0.4, -0.2) is 50.5 Å². The van der Waals surface area contributed by atoms with E-state index in [0.717, 1.165) is 38.3 Å². The summed E-state index contributed by atoms with van der Waals surface area (Å²) in [6.07, 6.45) is 1.22. The summed E-state index contributed by atoms with van der Waals surface area (Å²) in [5, 5.41) is 2.94. The van der Waals surface area contributed by atoms with E-state index >= 15 is 0 Å². The normalized spacial score (nSPS) is 12.2. The fourth-order valence-corrected chi connectivity index (χ4v) is 5.33. The molecule has 3 aromatic carbocycles. The van der Waals surface area contributed by atoms with Crippen molar-refractivity contribution in [3.63, 3.8) is 0 Å². The molecular weight excluding hydrogens is 585 g/mol. The minimum atomic E-state index is -3.91. The number of benzene rings is 3. The molecular formula is C29H33BrFN3O4S. The number of hydrogen-bond donors (Lipinski definition) is 1. The summed E-state index contributed by atoms with van der Waals surface area (Å²) in [4.78, 5) is 28.9. The van der Waals surface area contributed by atoms with Gasteiger partial charge in [0.1, 0.15) is 18.4 Å². The average molecular weight is 619 g/mol. The van der Waals surface area contributed by atoms with Crippen molar-refractivity contribution in [2.75, 3.05) is 23.7 Å². The lowest BCUT2D eigenvalue weighted by molar-refractivity contribution is -0.140. The Morgan fingerprint density at radius 1 is 0.949 bits per heavy atom. The summed E-state index contributed by atoms with van der Waals surface area (Å²) in [6.45, 7) is 3.90. The molecule has 0 saturated carbocycles. The van der Waals surface area contributed by atoms with E-state index in [2.05, 4.69) is 21.2 Å². The summed E-state index contributed by atoms with van der Waals surface area (Å²) < 4.78 is 40.7. The van der Waals surface area contributed by atoms with Crippen LogP contribution in [-0.2, 0) is 32.6 Å². The fourth-order valence-electron chi connectivity index (χ4n) is 4.03. The van der Waals surface area contributed by atoms with E-state index in [0.29, 0.717) is 6.54 Å². The Labute approximate surface area is 238 Å². The minimum Gasteiger partial charge on any atom is -0.354 e. The summed E-state index contributed by atoms with van der Waals surface area (Å²) in [6, 6.07) is 20.7. The summed E-state index contributed by atoms with van der Waals surface area (Å²) in [5.41, 5.74) is 1.77. The van der Waals surface area contributed by atoms with Crippen molar-refractivity contribution in [2.24, 2.45) is 5.92 Å². The van der Waals surface area contributed by atoms with Crippen LogP contribution >= 0.6 is 15.9 Å². The van der Waals surface area contributed by atoms with Crippen molar-refractivity contribution in [3.8, 4) is 0 Å². The van der Waals surface area contributed by atoms with Gasteiger partial charge in [-0.3, -0.25) is 13.9 Å². The first-order valence-corrected chi connectivity index (χ1v) is 15.2. The number of hydrogen-bond acceptors (Lipinski definition) is 4. The molecule has 0 saturated heterocycles. The third kappa shape index (κ3) is 9.18. The van der Waals surface area contributed by atoms with Gasteiger partial charge < -0.3 is 10.2 Å². The van der Waals surface area contributed by atoms with E-state index in [1.807, 2.05) is 68.4 Å². The molecule has 0 spiro atoms. The first kappa shape index (κ1) is 30.3. The third-order valence-electron chi connectivity index (χ3n) is 5.99. The predicted octanol–water partition coefficient (Wildman–Crippen LogP) is 4.77. The summed E-state index contributed by atoms with van der Waals surface area (Å²) >= 11 is 3.45. The van der Waals surface area contributed by atoms with Crippen LogP contribution in [0.2, 0.25) is 0 Å². The molecule has 0 fully saturated rings. The molecule has 0 aromatic heterocycles. The number of carbonyl (C=O) groups excluding carboxylic acids is 2. The van der Waals surface area contributed by atoms with E-state index in [4.69, 9.17) is 0 Å². The lowest BCUT2D eigenvalue weighted by Crippen LogP contribution is -2.53. The van der Waals surface area contributed by atoms with Crippen LogP contribution < -0.4 is 9.62 Å². The zero-order valence-corrected chi connectivity index (χ0v) is 24.6. The molecule has 208 valence electrons. The first-order valence-electron chi connectivity index (χ1n) is 12.5. The molecule has 3 aromatic rings. The Bertz CT molecular complexity index is 1370. The third-order valence-corrected chi connectivity index (χ3v) is 7.63. The second kappa shape index (κ2) is 13.7. The largest absolute Gasteiger partial charge is 0.354 e. The number of sulfonamides is 1. The summed E-state index contributed by atoms with van der Waals surface area (Å²) in [7, 11) is -3.91. The monoisotopic (exact) mass is 617 g/mol. The number of halogens is 2. The van der Waals surface area contributed by atoms with Gasteiger partial charge in [0, 0.05) is 24.0 Å². The van der Waals surface area contributed by atoms with Crippen molar-refractivity contribution in [1.29, 1.82) is 0 Å². The van der Waals surface area contributed by atoms with Crippen LogP contribution in [0.5, 0.6) is 0 Å². The molecule has 1 N–H and O–H groups in total. The van der Waals surface area contributed by atoms with Gasteiger partial charge in [-0.2, -0.15) is 0 Å². The van der Waals surface area contributed by atoms with Gasteiger partial charge in [0.15, 0.2) is 0 Å². The van der Waals surface area contributed by atoms with Crippen molar-refractivity contribution in [2.45, 2.75) is 32.9 Å². The molecule has 0 radical (unpaired) electrons. The number of carbonyl (C=O) groups is 2. The maximum atomic E-state index is 14.0. The SMILES string of the molecule is CC(C)CNC(=O)C(Cc1ccccc1)N(Cc1cccc(Br)c1)C(=O)CN(c1ccc(F)cc1)S(C)(=O)=O. The van der Waals surface area contributed by atoms with E-state index in [-0.39, 0.29) is 30.5 Å². The maximum absolute atomic E-state index is 14.0. The molecule has 7 nitrogen and oxygen atoms in total. The van der Waals surface area contributed by atoms with Crippen molar-refractivity contribution in [1.82, 2.24) is 10.2 Å². The molecule has 0 bridgehead atoms. The molecule has 3 rings (SSSR count). The van der Waals surface area contributed by atoms with E-state index < -0.39 is 34.3 Å². The zero-order chi connectivity index (χ0) is 28.6. The van der Waals surface area contributed by atoms with E-state index in [1.54, 1.807) is 0 Å². The highest BCUT2D eigenvalue weighted by atomic mass is 79.9. The minimum absolute atomic E-state index is 0.0753. The Kier molecular flexibility index (Phi) is 10.7. The molecule has 0 aliphatic heterocycles. The second-order valence-corrected chi connectivity index (χ2v) is 12.6.